The third-order valence-corrected chi connectivity index (χ3v) is 3.16. The van der Waals surface area contributed by atoms with Gasteiger partial charge in [0.05, 0.1) is 6.26 Å². The Labute approximate surface area is 129 Å². The fraction of sp³-hybridized carbons (Fsp3) is 0.133. The molecule has 1 aromatic carbocycles. The zero-order valence-corrected chi connectivity index (χ0v) is 12.0. The minimum Gasteiger partial charge on any atom is -0.459 e. The highest BCUT2D eigenvalue weighted by atomic mass is 19.1. The molecule has 0 bridgehead atoms. The maximum atomic E-state index is 12.8. The highest BCUT2D eigenvalue weighted by Gasteiger charge is 2.22. The first-order chi connectivity index (χ1) is 11.0. The summed E-state index contributed by atoms with van der Waals surface area (Å²) in [5, 5.41) is 6.52. The topological polar surface area (TPSA) is 90.3 Å². The summed E-state index contributed by atoms with van der Waals surface area (Å²) in [6.45, 7) is 1.49. The largest absolute Gasteiger partial charge is 0.459 e. The molecule has 1 atom stereocenters. The molecule has 0 aliphatic heterocycles. The standard InChI is InChI=1S/C15H12FN3O4/c1-9(13(20)17-11-6-4-10(16)5-7-11)19-15(21)23-14(18-19)12-3-2-8-22-12/h2-9H,1H3,(H,17,20). The summed E-state index contributed by atoms with van der Waals surface area (Å²) in [5.41, 5.74) is 0.408. The number of aromatic nitrogens is 2. The van der Waals surface area contributed by atoms with Gasteiger partial charge < -0.3 is 14.2 Å². The summed E-state index contributed by atoms with van der Waals surface area (Å²) < 4.78 is 23.8. The van der Waals surface area contributed by atoms with E-state index in [1.165, 1.54) is 37.5 Å². The normalized spacial score (nSPS) is 12.1. The van der Waals surface area contributed by atoms with Crippen LogP contribution in [0.4, 0.5) is 10.1 Å². The van der Waals surface area contributed by atoms with Gasteiger partial charge >= 0.3 is 5.76 Å². The monoisotopic (exact) mass is 317 g/mol. The molecule has 0 saturated heterocycles. The molecular weight excluding hydrogens is 305 g/mol. The number of amides is 1. The third-order valence-electron chi connectivity index (χ3n) is 3.16. The van der Waals surface area contributed by atoms with Gasteiger partial charge in [0.2, 0.25) is 5.91 Å². The number of halogens is 1. The number of carbonyl (C=O) groups is 1. The molecule has 0 spiro atoms. The van der Waals surface area contributed by atoms with Crippen LogP contribution in [0.15, 0.2) is 56.3 Å². The summed E-state index contributed by atoms with van der Waals surface area (Å²) in [6.07, 6.45) is 1.42. The van der Waals surface area contributed by atoms with Crippen LogP contribution in [-0.2, 0) is 4.79 Å². The molecule has 0 aliphatic rings. The summed E-state index contributed by atoms with van der Waals surface area (Å²) in [7, 11) is 0. The van der Waals surface area contributed by atoms with E-state index in [1.807, 2.05) is 0 Å². The molecule has 2 aromatic heterocycles. The molecule has 118 valence electrons. The molecule has 1 amide bonds. The number of nitrogens with one attached hydrogen (secondary N) is 1. The van der Waals surface area contributed by atoms with Gasteiger partial charge in [0, 0.05) is 5.69 Å². The van der Waals surface area contributed by atoms with Gasteiger partial charge in [-0.2, -0.15) is 4.68 Å². The quantitative estimate of drug-likeness (QED) is 0.798. The van der Waals surface area contributed by atoms with Crippen molar-refractivity contribution in [3.05, 3.63) is 59.0 Å². The van der Waals surface area contributed by atoms with E-state index in [1.54, 1.807) is 12.1 Å². The first-order valence-corrected chi connectivity index (χ1v) is 6.74. The van der Waals surface area contributed by atoms with E-state index < -0.39 is 23.5 Å². The second kappa shape index (κ2) is 5.91. The lowest BCUT2D eigenvalue weighted by atomic mass is 10.2. The predicted octanol–water partition coefficient (Wildman–Crippen LogP) is 2.44. The molecule has 8 heteroatoms. The summed E-state index contributed by atoms with van der Waals surface area (Å²) in [6, 6.07) is 7.56. The van der Waals surface area contributed by atoms with Crippen LogP contribution in [-0.4, -0.2) is 15.7 Å². The molecule has 0 radical (unpaired) electrons. The van der Waals surface area contributed by atoms with Crippen LogP contribution in [0.2, 0.25) is 0 Å². The van der Waals surface area contributed by atoms with E-state index in [9.17, 15) is 14.0 Å². The average Bonchev–Trinajstić information content (AvgIpc) is 3.18. The Bertz CT molecular complexity index is 865. The predicted molar refractivity (Wildman–Crippen MR) is 78.2 cm³/mol. The maximum absolute atomic E-state index is 12.8. The lowest BCUT2D eigenvalue weighted by Crippen LogP contribution is -2.30. The van der Waals surface area contributed by atoms with Gasteiger partial charge in [-0.15, -0.1) is 5.10 Å². The summed E-state index contributed by atoms with van der Waals surface area (Å²) >= 11 is 0. The van der Waals surface area contributed by atoms with E-state index in [0.29, 0.717) is 5.69 Å². The number of anilines is 1. The van der Waals surface area contributed by atoms with Gasteiger partial charge in [-0.05, 0) is 43.3 Å². The van der Waals surface area contributed by atoms with Gasteiger partial charge in [-0.3, -0.25) is 4.79 Å². The fourth-order valence-corrected chi connectivity index (χ4v) is 1.92. The molecule has 0 saturated carbocycles. The van der Waals surface area contributed by atoms with Crippen molar-refractivity contribution in [1.82, 2.24) is 9.78 Å². The highest BCUT2D eigenvalue weighted by Crippen LogP contribution is 2.17. The lowest BCUT2D eigenvalue weighted by molar-refractivity contribution is -0.119. The smallest absolute Gasteiger partial charge is 0.438 e. The van der Waals surface area contributed by atoms with Gasteiger partial charge in [0.1, 0.15) is 11.9 Å². The Morgan fingerprint density at radius 1 is 1.30 bits per heavy atom. The van der Waals surface area contributed by atoms with Gasteiger partial charge in [-0.1, -0.05) is 0 Å². The molecule has 1 N–H and O–H groups in total. The zero-order valence-electron chi connectivity index (χ0n) is 12.0. The molecule has 1 unspecified atom stereocenters. The van der Waals surface area contributed by atoms with E-state index in [2.05, 4.69) is 10.4 Å². The second-order valence-electron chi connectivity index (χ2n) is 4.77. The van der Waals surface area contributed by atoms with Crippen LogP contribution in [0.5, 0.6) is 0 Å². The van der Waals surface area contributed by atoms with Crippen molar-refractivity contribution in [3.63, 3.8) is 0 Å². The number of benzene rings is 1. The Balaban J connectivity index is 1.79. The van der Waals surface area contributed by atoms with Crippen LogP contribution < -0.4 is 11.1 Å². The van der Waals surface area contributed by atoms with Gasteiger partial charge in [-0.25, -0.2) is 9.18 Å². The van der Waals surface area contributed by atoms with Crippen molar-refractivity contribution >= 4 is 11.6 Å². The first kappa shape index (κ1) is 14.8. The average molecular weight is 317 g/mol. The summed E-state index contributed by atoms with van der Waals surface area (Å²) in [5.74, 6) is -1.41. The number of furan rings is 1. The van der Waals surface area contributed by atoms with Crippen LogP contribution in [0.25, 0.3) is 11.7 Å². The Kier molecular flexibility index (Phi) is 3.80. The van der Waals surface area contributed by atoms with Crippen LogP contribution in [0, 0.1) is 5.82 Å². The Morgan fingerprint density at radius 2 is 2.04 bits per heavy atom. The molecular formula is C15H12FN3O4. The molecule has 7 nitrogen and oxygen atoms in total. The number of rotatable bonds is 4. The number of carbonyl (C=O) groups excluding carboxylic acids is 1. The molecule has 3 rings (SSSR count). The SMILES string of the molecule is CC(C(=O)Nc1ccc(F)cc1)n1nc(-c2ccco2)oc1=O. The van der Waals surface area contributed by atoms with E-state index in [4.69, 9.17) is 8.83 Å². The summed E-state index contributed by atoms with van der Waals surface area (Å²) in [4.78, 5) is 24.0. The van der Waals surface area contributed by atoms with E-state index in [0.717, 1.165) is 4.68 Å². The molecule has 2 heterocycles. The molecule has 3 aromatic rings. The van der Waals surface area contributed by atoms with Crippen molar-refractivity contribution in [2.75, 3.05) is 5.32 Å². The fourth-order valence-electron chi connectivity index (χ4n) is 1.92. The molecule has 0 aliphatic carbocycles. The van der Waals surface area contributed by atoms with Crippen LogP contribution in [0.3, 0.4) is 0 Å². The highest BCUT2D eigenvalue weighted by molar-refractivity contribution is 5.93. The minimum absolute atomic E-state index is 0.0126. The van der Waals surface area contributed by atoms with E-state index in [-0.39, 0.29) is 11.7 Å². The number of hydrogen-bond donors (Lipinski definition) is 1. The Morgan fingerprint density at radius 3 is 2.70 bits per heavy atom. The van der Waals surface area contributed by atoms with Crippen molar-refractivity contribution in [3.8, 4) is 11.7 Å². The van der Waals surface area contributed by atoms with Crippen LogP contribution >= 0.6 is 0 Å². The van der Waals surface area contributed by atoms with Gasteiger partial charge in [0.15, 0.2) is 5.76 Å². The third kappa shape index (κ3) is 3.05. The van der Waals surface area contributed by atoms with E-state index >= 15 is 0 Å². The van der Waals surface area contributed by atoms with Crippen molar-refractivity contribution in [2.24, 2.45) is 0 Å². The Hall–Kier alpha value is -3.16. The van der Waals surface area contributed by atoms with Crippen LogP contribution in [0.1, 0.15) is 13.0 Å². The second-order valence-corrected chi connectivity index (χ2v) is 4.77. The molecule has 23 heavy (non-hydrogen) atoms. The van der Waals surface area contributed by atoms with Gasteiger partial charge in [0.25, 0.3) is 5.89 Å². The van der Waals surface area contributed by atoms with Crippen molar-refractivity contribution in [1.29, 1.82) is 0 Å². The number of hydrogen-bond acceptors (Lipinski definition) is 5. The van der Waals surface area contributed by atoms with Crippen molar-refractivity contribution in [2.45, 2.75) is 13.0 Å². The first-order valence-electron chi connectivity index (χ1n) is 6.74. The minimum atomic E-state index is -0.917. The number of nitrogens with zero attached hydrogens (tertiary/aromatic N) is 2. The maximum Gasteiger partial charge on any atom is 0.438 e. The molecule has 0 fully saturated rings. The lowest BCUT2D eigenvalue weighted by Gasteiger charge is -2.10. The van der Waals surface area contributed by atoms with Crippen molar-refractivity contribution < 1.29 is 18.0 Å². The zero-order chi connectivity index (χ0) is 16.4.